The Kier molecular flexibility index (Phi) is 6.18. The molecule has 8 nitrogen and oxygen atoms in total. The van der Waals surface area contributed by atoms with Gasteiger partial charge in [-0.3, -0.25) is 9.59 Å². The summed E-state index contributed by atoms with van der Waals surface area (Å²) in [5, 5.41) is 8.14. The largest absolute Gasteiger partial charge is 0.399 e. The number of carbonyl (C=O) groups is 2. The van der Waals surface area contributed by atoms with Crippen LogP contribution in [0.4, 0.5) is 5.69 Å². The van der Waals surface area contributed by atoms with Crippen molar-refractivity contribution in [2.24, 2.45) is 0 Å². The Balaban J connectivity index is 1.53. The van der Waals surface area contributed by atoms with Crippen molar-refractivity contribution in [1.29, 1.82) is 0 Å². The summed E-state index contributed by atoms with van der Waals surface area (Å²) >= 11 is 0. The lowest BCUT2D eigenvalue weighted by atomic mass is 9.89. The third-order valence-corrected chi connectivity index (χ3v) is 6.34. The number of nitrogen functional groups attached to an aromatic ring is 1. The summed E-state index contributed by atoms with van der Waals surface area (Å²) in [6.07, 6.45) is 1.84. The molecule has 2 heterocycles. The van der Waals surface area contributed by atoms with Crippen LogP contribution in [0, 0.1) is 13.8 Å². The first-order valence-corrected chi connectivity index (χ1v) is 11.1. The Morgan fingerprint density at radius 1 is 1.03 bits per heavy atom. The number of aromatic nitrogens is 3. The first kappa shape index (κ1) is 22.5. The number of nitrogens with two attached hydrogens (primary N) is 1. The fourth-order valence-corrected chi connectivity index (χ4v) is 4.38. The number of carbonyl (C=O) groups excluding carboxylic acids is 2. The van der Waals surface area contributed by atoms with Gasteiger partial charge in [0.25, 0.3) is 11.8 Å². The van der Waals surface area contributed by atoms with Crippen LogP contribution >= 0.6 is 0 Å². The summed E-state index contributed by atoms with van der Waals surface area (Å²) < 4.78 is 0. The number of nitrogens with one attached hydrogen (secondary N) is 1. The van der Waals surface area contributed by atoms with Crippen molar-refractivity contribution >= 4 is 17.5 Å². The highest BCUT2D eigenvalue weighted by atomic mass is 16.2. The van der Waals surface area contributed by atoms with E-state index in [2.05, 4.69) is 27.3 Å². The van der Waals surface area contributed by atoms with Gasteiger partial charge in [0.05, 0.1) is 0 Å². The van der Waals surface area contributed by atoms with Gasteiger partial charge in [0.15, 0.2) is 5.82 Å². The van der Waals surface area contributed by atoms with Crippen LogP contribution in [0.25, 0.3) is 11.4 Å². The lowest BCUT2D eigenvalue weighted by Gasteiger charge is -2.32. The Morgan fingerprint density at radius 3 is 2.33 bits per heavy atom. The van der Waals surface area contributed by atoms with Crippen LogP contribution in [0.3, 0.4) is 0 Å². The number of benzene rings is 2. The van der Waals surface area contributed by atoms with E-state index >= 15 is 0 Å². The number of likely N-dealkylation sites (tertiary alicyclic amines) is 1. The molecule has 3 N–H and O–H groups in total. The number of H-pyrrole nitrogens is 1. The Bertz CT molecular complexity index is 1170. The van der Waals surface area contributed by atoms with E-state index in [1.165, 1.54) is 10.5 Å². The number of rotatable bonds is 4. The average Bonchev–Trinajstić information content (AvgIpc) is 3.28. The fourth-order valence-electron chi connectivity index (χ4n) is 4.38. The number of piperidine rings is 1. The van der Waals surface area contributed by atoms with Crippen molar-refractivity contribution < 1.29 is 9.59 Å². The third-order valence-electron chi connectivity index (χ3n) is 6.34. The molecule has 1 saturated heterocycles. The normalized spacial score (nSPS) is 14.4. The molecule has 0 aliphatic carbocycles. The monoisotopic (exact) mass is 446 g/mol. The van der Waals surface area contributed by atoms with Crippen LogP contribution in [-0.2, 0) is 0 Å². The van der Waals surface area contributed by atoms with Crippen molar-refractivity contribution in [3.63, 3.8) is 0 Å². The molecule has 0 radical (unpaired) electrons. The van der Waals surface area contributed by atoms with E-state index < -0.39 is 0 Å². The average molecular weight is 447 g/mol. The Labute approximate surface area is 193 Å². The smallest absolute Gasteiger partial charge is 0.291 e. The van der Waals surface area contributed by atoms with Gasteiger partial charge in [0.2, 0.25) is 5.82 Å². The van der Waals surface area contributed by atoms with Gasteiger partial charge in [-0.2, -0.15) is 0 Å². The van der Waals surface area contributed by atoms with E-state index in [-0.39, 0.29) is 17.6 Å². The van der Waals surface area contributed by atoms with Gasteiger partial charge in [0.1, 0.15) is 0 Å². The molecule has 0 atom stereocenters. The van der Waals surface area contributed by atoms with Crippen LogP contribution in [0.1, 0.15) is 56.4 Å². The fraction of sp³-hybridized carbons (Fsp3) is 0.360. The summed E-state index contributed by atoms with van der Waals surface area (Å²) in [7, 11) is 3.32. The summed E-state index contributed by atoms with van der Waals surface area (Å²) in [6, 6.07) is 11.9. The highest BCUT2D eigenvalue weighted by Gasteiger charge is 2.26. The number of aryl methyl sites for hydroxylation is 2. The van der Waals surface area contributed by atoms with Crippen molar-refractivity contribution in [2.45, 2.75) is 32.6 Å². The maximum atomic E-state index is 13.4. The van der Waals surface area contributed by atoms with E-state index in [0.717, 1.165) is 35.2 Å². The van der Waals surface area contributed by atoms with Crippen molar-refractivity contribution in [3.8, 4) is 11.4 Å². The van der Waals surface area contributed by atoms with Crippen LogP contribution in [0.2, 0.25) is 0 Å². The van der Waals surface area contributed by atoms with Gasteiger partial charge in [-0.05, 0) is 67.5 Å². The molecule has 4 rings (SSSR count). The minimum Gasteiger partial charge on any atom is -0.399 e. The minimum atomic E-state index is -0.251. The zero-order valence-electron chi connectivity index (χ0n) is 19.6. The van der Waals surface area contributed by atoms with Crippen LogP contribution in [0.15, 0.2) is 36.4 Å². The molecule has 0 spiro atoms. The topological polar surface area (TPSA) is 108 Å². The molecule has 0 bridgehead atoms. The standard InChI is InChI=1S/C25H30N6O2/c1-15-13-16(2)21(14-20(15)22-27-23(29-28-22)25(33)30(3)4)24(32)31-11-9-18(10-12-31)17-5-7-19(26)8-6-17/h5-8,13-14,18H,9-12,26H2,1-4H3,(H,27,28,29). The lowest BCUT2D eigenvalue weighted by Crippen LogP contribution is -2.38. The number of amides is 2. The SMILES string of the molecule is Cc1cc(C)c(-c2nnc(C(=O)N(C)C)[nH]2)cc1C(=O)N1CCC(c2ccc(N)cc2)CC1. The van der Waals surface area contributed by atoms with E-state index in [1.807, 2.05) is 43.0 Å². The number of hydrogen-bond donors (Lipinski definition) is 2. The molecule has 172 valence electrons. The molecular weight excluding hydrogens is 416 g/mol. The maximum Gasteiger partial charge on any atom is 0.291 e. The number of hydrogen-bond acceptors (Lipinski definition) is 5. The zero-order valence-corrected chi connectivity index (χ0v) is 19.6. The molecular formula is C25H30N6O2. The number of nitrogens with zero attached hydrogens (tertiary/aromatic N) is 4. The molecule has 2 aromatic carbocycles. The number of anilines is 1. The molecule has 1 aromatic heterocycles. The van der Waals surface area contributed by atoms with Crippen molar-refractivity contribution in [2.75, 3.05) is 32.9 Å². The molecule has 1 fully saturated rings. The summed E-state index contributed by atoms with van der Waals surface area (Å²) in [5.74, 6) is 0.861. The summed E-state index contributed by atoms with van der Waals surface area (Å²) in [5.41, 5.74) is 11.2. The molecule has 3 aromatic rings. The van der Waals surface area contributed by atoms with Crippen molar-refractivity contribution in [1.82, 2.24) is 25.0 Å². The first-order chi connectivity index (χ1) is 15.7. The Morgan fingerprint density at radius 2 is 1.70 bits per heavy atom. The second kappa shape index (κ2) is 9.05. The summed E-state index contributed by atoms with van der Waals surface area (Å²) in [6.45, 7) is 5.33. The Hall–Kier alpha value is -3.68. The predicted molar refractivity (Wildman–Crippen MR) is 128 cm³/mol. The highest BCUT2D eigenvalue weighted by molar-refractivity contribution is 5.97. The zero-order chi connectivity index (χ0) is 23.7. The maximum absolute atomic E-state index is 13.4. The minimum absolute atomic E-state index is 0.0219. The molecule has 1 aliphatic heterocycles. The number of aromatic amines is 1. The highest BCUT2D eigenvalue weighted by Crippen LogP contribution is 2.31. The second-order valence-corrected chi connectivity index (χ2v) is 8.94. The molecule has 2 amide bonds. The van der Waals surface area contributed by atoms with E-state index in [0.29, 0.717) is 30.4 Å². The van der Waals surface area contributed by atoms with Crippen LogP contribution in [-0.4, -0.2) is 64.0 Å². The van der Waals surface area contributed by atoms with E-state index in [4.69, 9.17) is 5.73 Å². The molecule has 8 heteroatoms. The van der Waals surface area contributed by atoms with E-state index in [1.54, 1.807) is 14.1 Å². The predicted octanol–water partition coefficient (Wildman–Crippen LogP) is 3.39. The van der Waals surface area contributed by atoms with E-state index in [9.17, 15) is 9.59 Å². The van der Waals surface area contributed by atoms with Gasteiger partial charge in [-0.15, -0.1) is 10.2 Å². The molecule has 1 aliphatic rings. The summed E-state index contributed by atoms with van der Waals surface area (Å²) in [4.78, 5) is 32.0. The second-order valence-electron chi connectivity index (χ2n) is 8.94. The molecule has 0 saturated carbocycles. The van der Waals surface area contributed by atoms with Gasteiger partial charge in [-0.1, -0.05) is 18.2 Å². The third kappa shape index (κ3) is 4.60. The van der Waals surface area contributed by atoms with Gasteiger partial charge in [0, 0.05) is 44.0 Å². The van der Waals surface area contributed by atoms with Gasteiger partial charge < -0.3 is 20.5 Å². The van der Waals surface area contributed by atoms with Crippen molar-refractivity contribution in [3.05, 3.63) is 64.5 Å². The van der Waals surface area contributed by atoms with Gasteiger partial charge in [-0.25, -0.2) is 0 Å². The molecule has 0 unspecified atom stereocenters. The van der Waals surface area contributed by atoms with Gasteiger partial charge >= 0.3 is 0 Å². The van der Waals surface area contributed by atoms with Crippen LogP contribution in [0.5, 0.6) is 0 Å². The molecule has 33 heavy (non-hydrogen) atoms. The lowest BCUT2D eigenvalue weighted by molar-refractivity contribution is 0.0712. The van der Waals surface area contributed by atoms with Crippen LogP contribution < -0.4 is 5.73 Å². The quantitative estimate of drug-likeness (QED) is 0.597. The first-order valence-electron chi connectivity index (χ1n) is 11.1.